The lowest BCUT2D eigenvalue weighted by atomic mass is 10.2. The molecule has 4 rings (SSSR count). The van der Waals surface area contributed by atoms with Crippen molar-refractivity contribution < 1.29 is 17.9 Å². The number of amides is 1. The molecule has 12 heteroatoms. The lowest BCUT2D eigenvalue weighted by Gasteiger charge is -2.25. The smallest absolute Gasteiger partial charge is 0.264 e. The minimum atomic E-state index is -4.09. The van der Waals surface area contributed by atoms with Gasteiger partial charge in [-0.3, -0.25) is 14.4 Å². The van der Waals surface area contributed by atoms with Crippen LogP contribution in [0.4, 0.5) is 10.8 Å². The molecule has 0 atom stereocenters. The summed E-state index contributed by atoms with van der Waals surface area (Å²) < 4.78 is 35.0. The fourth-order valence-electron chi connectivity index (χ4n) is 3.44. The molecule has 0 aliphatic carbocycles. The van der Waals surface area contributed by atoms with Crippen molar-refractivity contribution in [2.24, 2.45) is 0 Å². The van der Waals surface area contributed by atoms with Crippen molar-refractivity contribution in [2.45, 2.75) is 26.8 Å². The number of carbonyl (C=O) groups is 1. The number of nitrogens with one attached hydrogen (secondary N) is 1. The standard InChI is InChI=1S/C26H26N4O4S4/c1-3-34-23-12-8-7-11-22(23)30(38(32,33)21-15-13-20(35-2)14-16-21)17-24(31)27-25-28-29-26(37-25)36-18-19-9-5-4-6-10-19/h4-16H,3,17-18H2,1-2H3,(H,27,28,31). The molecule has 8 nitrogen and oxygen atoms in total. The largest absolute Gasteiger partial charge is 0.492 e. The first-order chi connectivity index (χ1) is 18.4. The van der Waals surface area contributed by atoms with Gasteiger partial charge in [-0.25, -0.2) is 8.42 Å². The van der Waals surface area contributed by atoms with Crippen LogP contribution < -0.4 is 14.4 Å². The Kier molecular flexibility index (Phi) is 9.67. The van der Waals surface area contributed by atoms with Crippen molar-refractivity contribution in [1.29, 1.82) is 0 Å². The summed E-state index contributed by atoms with van der Waals surface area (Å²) in [6.07, 6.45) is 1.91. The molecule has 0 saturated carbocycles. The monoisotopic (exact) mass is 586 g/mol. The Labute approximate surface area is 234 Å². The maximum Gasteiger partial charge on any atom is 0.264 e. The first kappa shape index (κ1) is 28.0. The minimum absolute atomic E-state index is 0.0740. The molecule has 1 heterocycles. The van der Waals surface area contributed by atoms with Gasteiger partial charge in [-0.15, -0.1) is 22.0 Å². The van der Waals surface area contributed by atoms with Crippen molar-refractivity contribution in [3.05, 3.63) is 84.4 Å². The third-order valence-electron chi connectivity index (χ3n) is 5.23. The van der Waals surface area contributed by atoms with Gasteiger partial charge in [0.05, 0.1) is 17.2 Å². The number of hydrogen-bond acceptors (Lipinski definition) is 9. The van der Waals surface area contributed by atoms with Crippen molar-refractivity contribution in [1.82, 2.24) is 10.2 Å². The van der Waals surface area contributed by atoms with Crippen LogP contribution in [0.3, 0.4) is 0 Å². The summed E-state index contributed by atoms with van der Waals surface area (Å²) in [6.45, 7) is 1.68. The highest BCUT2D eigenvalue weighted by Crippen LogP contribution is 2.33. The molecule has 0 spiro atoms. The number of hydrogen-bond donors (Lipinski definition) is 1. The minimum Gasteiger partial charge on any atom is -0.492 e. The second-order valence-corrected chi connectivity index (χ2v) is 12.7. The Bertz CT molecular complexity index is 1460. The molecular formula is C26H26N4O4S4. The normalized spacial score (nSPS) is 11.2. The molecule has 0 fully saturated rings. The average Bonchev–Trinajstić information content (AvgIpc) is 3.39. The summed E-state index contributed by atoms with van der Waals surface area (Å²) in [5.41, 5.74) is 1.42. The Balaban J connectivity index is 1.55. The summed E-state index contributed by atoms with van der Waals surface area (Å²) in [4.78, 5) is 14.1. The Morgan fingerprint density at radius 1 is 1.00 bits per heavy atom. The Hall–Kier alpha value is -3.06. The number of anilines is 2. The van der Waals surface area contributed by atoms with E-state index in [2.05, 4.69) is 15.5 Å². The fraction of sp³-hybridized carbons (Fsp3) is 0.192. The summed E-state index contributed by atoms with van der Waals surface area (Å²) in [5, 5.41) is 11.2. The zero-order valence-corrected chi connectivity index (χ0v) is 24.0. The van der Waals surface area contributed by atoms with Crippen molar-refractivity contribution >= 4 is 61.6 Å². The predicted octanol–water partition coefficient (Wildman–Crippen LogP) is 5.79. The Morgan fingerprint density at radius 2 is 1.71 bits per heavy atom. The molecule has 4 aromatic rings. The molecular weight excluding hydrogens is 561 g/mol. The number of ether oxygens (including phenoxy) is 1. The number of thioether (sulfide) groups is 2. The number of sulfonamides is 1. The van der Waals surface area contributed by atoms with Crippen LogP contribution in [0.5, 0.6) is 5.75 Å². The highest BCUT2D eigenvalue weighted by Gasteiger charge is 2.30. The predicted molar refractivity (Wildman–Crippen MR) is 155 cm³/mol. The second-order valence-electron chi connectivity index (χ2n) is 7.78. The van der Waals surface area contributed by atoms with Gasteiger partial charge in [0.2, 0.25) is 11.0 Å². The van der Waals surface area contributed by atoms with E-state index in [0.29, 0.717) is 21.8 Å². The van der Waals surface area contributed by atoms with Gasteiger partial charge in [-0.05, 0) is 55.1 Å². The van der Waals surface area contributed by atoms with E-state index in [1.807, 2.05) is 43.5 Å². The molecule has 0 unspecified atom stereocenters. The van der Waals surface area contributed by atoms with Gasteiger partial charge in [0, 0.05) is 10.6 Å². The van der Waals surface area contributed by atoms with E-state index in [0.717, 1.165) is 20.5 Å². The molecule has 1 N–H and O–H groups in total. The molecule has 0 bridgehead atoms. The number of aromatic nitrogens is 2. The lowest BCUT2D eigenvalue weighted by Crippen LogP contribution is -2.38. The molecule has 3 aromatic carbocycles. The molecule has 0 aliphatic rings. The molecule has 0 radical (unpaired) electrons. The van der Waals surface area contributed by atoms with Gasteiger partial charge in [0.25, 0.3) is 10.0 Å². The van der Waals surface area contributed by atoms with Gasteiger partial charge >= 0.3 is 0 Å². The first-order valence-corrected chi connectivity index (χ1v) is 16.1. The van der Waals surface area contributed by atoms with Crippen molar-refractivity contribution in [3.63, 3.8) is 0 Å². The molecule has 198 valence electrons. The summed E-state index contributed by atoms with van der Waals surface area (Å²) in [7, 11) is -4.09. The summed E-state index contributed by atoms with van der Waals surface area (Å²) in [6, 6.07) is 23.3. The third kappa shape index (κ3) is 7.07. The van der Waals surface area contributed by atoms with E-state index in [9.17, 15) is 13.2 Å². The summed E-state index contributed by atoms with van der Waals surface area (Å²) in [5.74, 6) is 0.540. The highest BCUT2D eigenvalue weighted by molar-refractivity contribution is 8.00. The van der Waals surface area contributed by atoms with Crippen LogP contribution in [0.2, 0.25) is 0 Å². The maximum atomic E-state index is 13.8. The van der Waals surface area contributed by atoms with Crippen LogP contribution in [-0.4, -0.2) is 43.9 Å². The molecule has 38 heavy (non-hydrogen) atoms. The van der Waals surface area contributed by atoms with Crippen LogP contribution >= 0.6 is 34.9 Å². The third-order valence-corrected chi connectivity index (χ3v) is 9.79. The van der Waals surface area contributed by atoms with Gasteiger partial charge in [-0.2, -0.15) is 0 Å². The average molecular weight is 587 g/mol. The van der Waals surface area contributed by atoms with Gasteiger partial charge in [0.15, 0.2) is 4.34 Å². The molecule has 1 amide bonds. The maximum absolute atomic E-state index is 13.8. The van der Waals surface area contributed by atoms with Gasteiger partial charge in [0.1, 0.15) is 12.3 Å². The summed E-state index contributed by atoms with van der Waals surface area (Å²) >= 11 is 4.26. The Morgan fingerprint density at radius 3 is 2.42 bits per heavy atom. The quantitative estimate of drug-likeness (QED) is 0.165. The number of carbonyl (C=O) groups excluding carboxylic acids is 1. The zero-order chi connectivity index (χ0) is 27.0. The van der Waals surface area contributed by atoms with E-state index < -0.39 is 22.5 Å². The van der Waals surface area contributed by atoms with Gasteiger partial charge in [-0.1, -0.05) is 65.6 Å². The zero-order valence-electron chi connectivity index (χ0n) is 20.7. The van der Waals surface area contributed by atoms with Crippen LogP contribution in [0.15, 0.2) is 93.0 Å². The lowest BCUT2D eigenvalue weighted by molar-refractivity contribution is -0.114. The SMILES string of the molecule is CCOc1ccccc1N(CC(=O)Nc1nnc(SCc2ccccc2)s1)S(=O)(=O)c1ccc(SC)cc1. The van der Waals surface area contributed by atoms with Crippen LogP contribution in [-0.2, 0) is 20.6 Å². The highest BCUT2D eigenvalue weighted by atomic mass is 32.2. The molecule has 0 aliphatic heterocycles. The van der Waals surface area contributed by atoms with E-state index in [1.165, 1.54) is 47.0 Å². The van der Waals surface area contributed by atoms with E-state index in [1.54, 1.807) is 36.4 Å². The van der Waals surface area contributed by atoms with Crippen LogP contribution in [0.1, 0.15) is 12.5 Å². The van der Waals surface area contributed by atoms with E-state index in [4.69, 9.17) is 4.74 Å². The van der Waals surface area contributed by atoms with Crippen molar-refractivity contribution in [3.8, 4) is 5.75 Å². The fourth-order valence-corrected chi connectivity index (χ4v) is 7.01. The molecule has 1 aromatic heterocycles. The number of benzene rings is 3. The number of nitrogens with zero attached hydrogens (tertiary/aromatic N) is 3. The van der Waals surface area contributed by atoms with Crippen LogP contribution in [0.25, 0.3) is 0 Å². The topological polar surface area (TPSA) is 101 Å². The van der Waals surface area contributed by atoms with E-state index in [-0.39, 0.29) is 10.6 Å². The second kappa shape index (κ2) is 13.1. The molecule has 0 saturated heterocycles. The van der Waals surface area contributed by atoms with Crippen LogP contribution in [0, 0.1) is 0 Å². The first-order valence-electron chi connectivity index (χ1n) is 11.6. The number of rotatable bonds is 12. The number of para-hydroxylation sites is 2. The van der Waals surface area contributed by atoms with E-state index >= 15 is 0 Å². The van der Waals surface area contributed by atoms with Crippen molar-refractivity contribution in [2.75, 3.05) is 29.0 Å². The van der Waals surface area contributed by atoms with Gasteiger partial charge < -0.3 is 4.74 Å².